The highest BCUT2D eigenvalue weighted by Crippen LogP contribution is 2.38. The van der Waals surface area contributed by atoms with E-state index in [0.717, 1.165) is 16.9 Å². The predicted octanol–water partition coefficient (Wildman–Crippen LogP) is 8.31. The van der Waals surface area contributed by atoms with Crippen LogP contribution in [0.15, 0.2) is 94.7 Å². The van der Waals surface area contributed by atoms with E-state index in [2.05, 4.69) is 38.9 Å². The molecular formula is C38H44FN3O6SSi. The van der Waals surface area contributed by atoms with Gasteiger partial charge in [0.2, 0.25) is 8.32 Å². The molecule has 3 aromatic rings. The van der Waals surface area contributed by atoms with Crippen LogP contribution >= 0.6 is 0 Å². The maximum atomic E-state index is 15.0. The molecule has 2 aliphatic heterocycles. The number of unbranched alkanes of at least 4 members (excludes halogenated alkanes) is 3. The smallest absolute Gasteiger partial charge is 0.282 e. The summed E-state index contributed by atoms with van der Waals surface area (Å²) in [6, 6.07) is 22.1. The summed E-state index contributed by atoms with van der Waals surface area (Å²) in [5, 5.41) is 0.0614. The second kappa shape index (κ2) is 15.2. The summed E-state index contributed by atoms with van der Waals surface area (Å²) in [6.45, 7) is 11.3. The van der Waals surface area contributed by atoms with Crippen molar-refractivity contribution in [1.82, 2.24) is 4.90 Å². The predicted molar refractivity (Wildman–Crippen MR) is 199 cm³/mol. The van der Waals surface area contributed by atoms with Crippen LogP contribution in [0.25, 0.3) is 11.8 Å². The second-order valence-corrected chi connectivity index (χ2v) is 20.3. The lowest BCUT2D eigenvalue weighted by Gasteiger charge is -2.36. The first-order chi connectivity index (χ1) is 23.6. The van der Waals surface area contributed by atoms with Gasteiger partial charge in [-0.15, -0.1) is 0 Å². The second-order valence-electron chi connectivity index (χ2n) is 14.0. The third-order valence-electron chi connectivity index (χ3n) is 9.01. The van der Waals surface area contributed by atoms with Gasteiger partial charge in [-0.2, -0.15) is 8.42 Å². The van der Waals surface area contributed by atoms with Crippen molar-refractivity contribution >= 4 is 47.7 Å². The Balaban J connectivity index is 1.33. The summed E-state index contributed by atoms with van der Waals surface area (Å²) in [4.78, 5) is 24.9. The van der Waals surface area contributed by atoms with E-state index in [1.807, 2.05) is 54.6 Å². The van der Waals surface area contributed by atoms with Gasteiger partial charge in [-0.1, -0.05) is 70.0 Å². The van der Waals surface area contributed by atoms with Crippen molar-refractivity contribution in [2.75, 3.05) is 12.4 Å². The lowest BCUT2D eigenvalue weighted by molar-refractivity contribution is -0.120. The lowest BCUT2D eigenvalue weighted by atomic mass is 10.0. The zero-order valence-corrected chi connectivity index (χ0v) is 31.0. The number of rotatable bonds is 14. The number of ether oxygens (including phenoxy) is 1. The van der Waals surface area contributed by atoms with Gasteiger partial charge in [0, 0.05) is 18.2 Å². The first kappa shape index (κ1) is 36.9. The van der Waals surface area contributed by atoms with E-state index in [1.54, 1.807) is 18.3 Å². The van der Waals surface area contributed by atoms with E-state index in [1.165, 1.54) is 17.0 Å². The number of hydrogen-bond donors (Lipinski definition) is 1. The van der Waals surface area contributed by atoms with Crippen molar-refractivity contribution < 1.29 is 31.3 Å². The van der Waals surface area contributed by atoms with E-state index in [-0.39, 0.29) is 34.8 Å². The molecule has 0 aromatic heterocycles. The Kier molecular flexibility index (Phi) is 11.2. The lowest BCUT2D eigenvalue weighted by Crippen LogP contribution is -2.43. The van der Waals surface area contributed by atoms with Gasteiger partial charge < -0.3 is 9.16 Å². The number of amides is 1. The molecule has 9 nitrogen and oxygen atoms in total. The van der Waals surface area contributed by atoms with Gasteiger partial charge >= 0.3 is 0 Å². The molecule has 0 aliphatic carbocycles. The van der Waals surface area contributed by atoms with Gasteiger partial charge in [-0.3, -0.25) is 14.2 Å². The molecule has 0 unspecified atom stereocenters. The summed E-state index contributed by atoms with van der Waals surface area (Å²) in [6.07, 6.45) is 5.96. The molecule has 0 bridgehead atoms. The molecule has 0 saturated heterocycles. The molecule has 0 fully saturated rings. The molecular weight excluding hydrogens is 674 g/mol. The fraction of sp³-hybridized carbons (Fsp3) is 0.342. The standard InChI is InChI=1S/C38H44FN3O6SSi/c1-38(2,3)50(4,5)48-30-18-16-29(17-19-30)34-26-42-36(32(40-34)24-27-13-9-8-10-14-27)41-33(37(42)43)25-28-15-20-35(31(39)23-28)47-21-11-6-7-12-22-49(44,45)46/h8-10,13-20,23,25-26H,6-7,11-12,21-22,24H2,1-5H3,(H,44,45,46)/b33-25-. The molecule has 50 heavy (non-hydrogen) atoms. The third kappa shape index (κ3) is 9.43. The number of aliphatic imine (C=N–C) groups is 2. The van der Waals surface area contributed by atoms with Gasteiger partial charge in [0.1, 0.15) is 11.4 Å². The van der Waals surface area contributed by atoms with E-state index in [0.29, 0.717) is 54.9 Å². The number of fused-ring (bicyclic) bond motifs is 1. The molecule has 1 amide bonds. The highest BCUT2D eigenvalue weighted by atomic mass is 32.2. The number of carbonyl (C=O) groups is 1. The van der Waals surface area contributed by atoms with Gasteiger partial charge in [0.25, 0.3) is 16.0 Å². The molecule has 5 rings (SSSR count). The molecule has 2 heterocycles. The van der Waals surface area contributed by atoms with Crippen molar-refractivity contribution in [3.05, 3.63) is 107 Å². The zero-order chi connectivity index (χ0) is 36.1. The minimum atomic E-state index is -3.96. The molecule has 264 valence electrons. The first-order valence-electron chi connectivity index (χ1n) is 16.7. The van der Waals surface area contributed by atoms with Crippen LogP contribution in [0.4, 0.5) is 4.39 Å². The minimum Gasteiger partial charge on any atom is -0.544 e. The average molecular weight is 718 g/mol. The van der Waals surface area contributed by atoms with E-state index in [9.17, 15) is 17.6 Å². The van der Waals surface area contributed by atoms with Gasteiger partial charge in [-0.05, 0) is 84.6 Å². The van der Waals surface area contributed by atoms with Crippen LogP contribution in [0.5, 0.6) is 11.5 Å². The Hall–Kier alpha value is -4.39. The summed E-state index contributed by atoms with van der Waals surface area (Å²) in [7, 11) is -5.97. The van der Waals surface area contributed by atoms with Crippen molar-refractivity contribution in [3.63, 3.8) is 0 Å². The van der Waals surface area contributed by atoms with Gasteiger partial charge in [-0.25, -0.2) is 14.4 Å². The van der Waals surface area contributed by atoms with Crippen LogP contribution in [0.1, 0.15) is 63.1 Å². The van der Waals surface area contributed by atoms with Crippen molar-refractivity contribution in [3.8, 4) is 11.5 Å². The topological polar surface area (TPSA) is 118 Å². The number of hydrogen-bond acceptors (Lipinski definition) is 7. The quantitative estimate of drug-likeness (QED) is 0.0776. The summed E-state index contributed by atoms with van der Waals surface area (Å²) < 4.78 is 57.5. The molecule has 2 aliphatic rings. The Labute approximate surface area is 295 Å². The summed E-state index contributed by atoms with van der Waals surface area (Å²) >= 11 is 0. The van der Waals surface area contributed by atoms with Gasteiger partial charge in [0.05, 0.1) is 23.8 Å². The molecule has 0 atom stereocenters. The first-order valence-corrected chi connectivity index (χ1v) is 21.3. The number of halogens is 1. The fourth-order valence-electron chi connectivity index (χ4n) is 5.19. The minimum absolute atomic E-state index is 0.0614. The fourth-order valence-corrected chi connectivity index (χ4v) is 6.79. The maximum absolute atomic E-state index is 15.0. The van der Waals surface area contributed by atoms with Crippen LogP contribution in [0, 0.1) is 5.82 Å². The Bertz CT molecular complexity index is 1950. The summed E-state index contributed by atoms with van der Waals surface area (Å²) in [5.41, 5.74) is 3.73. The highest BCUT2D eigenvalue weighted by Gasteiger charge is 2.39. The highest BCUT2D eigenvalue weighted by molar-refractivity contribution is 7.85. The molecule has 1 N–H and O–H groups in total. The van der Waals surface area contributed by atoms with Crippen molar-refractivity contribution in [2.24, 2.45) is 9.98 Å². The van der Waals surface area contributed by atoms with Crippen LogP contribution in [-0.4, -0.2) is 56.0 Å². The number of benzene rings is 3. The zero-order valence-electron chi connectivity index (χ0n) is 29.1. The number of carbonyl (C=O) groups excluding carboxylic acids is 1. The molecule has 12 heteroatoms. The largest absolute Gasteiger partial charge is 0.544 e. The Morgan fingerprint density at radius 2 is 1.64 bits per heavy atom. The monoisotopic (exact) mass is 717 g/mol. The molecule has 3 aromatic carbocycles. The maximum Gasteiger partial charge on any atom is 0.282 e. The van der Waals surface area contributed by atoms with Crippen LogP contribution < -0.4 is 9.16 Å². The SMILES string of the molecule is CC(C)(C)[Si](C)(C)Oc1ccc(C2=CN3C(=O)/C(=C/c4ccc(OCCCCCCS(=O)(=O)O)c(F)c4)N=C3C(Cc3ccccc3)=N2)cc1. The van der Waals surface area contributed by atoms with E-state index < -0.39 is 24.3 Å². The molecule has 0 spiro atoms. The number of amidine groups is 1. The normalized spacial score (nSPS) is 15.8. The van der Waals surface area contributed by atoms with E-state index >= 15 is 0 Å². The average Bonchev–Trinajstić information content (AvgIpc) is 3.36. The van der Waals surface area contributed by atoms with Crippen molar-refractivity contribution in [1.29, 1.82) is 0 Å². The molecule has 0 radical (unpaired) electrons. The number of nitrogens with zero attached hydrogens (tertiary/aromatic N) is 3. The molecule has 0 saturated carbocycles. The van der Waals surface area contributed by atoms with Crippen LogP contribution in [0.3, 0.4) is 0 Å². The van der Waals surface area contributed by atoms with Crippen LogP contribution in [-0.2, 0) is 21.3 Å². The van der Waals surface area contributed by atoms with E-state index in [4.69, 9.17) is 18.7 Å². The van der Waals surface area contributed by atoms with Crippen LogP contribution in [0.2, 0.25) is 18.1 Å². The Morgan fingerprint density at radius 1 is 0.940 bits per heavy atom. The van der Waals surface area contributed by atoms with Gasteiger partial charge in [0.15, 0.2) is 17.4 Å². The summed E-state index contributed by atoms with van der Waals surface area (Å²) in [5.74, 6) is 0.125. The van der Waals surface area contributed by atoms with Crippen molar-refractivity contribution in [2.45, 2.75) is 71.0 Å². The Morgan fingerprint density at radius 3 is 2.30 bits per heavy atom. The third-order valence-corrected chi connectivity index (χ3v) is 14.2.